The number of benzene rings is 2. The van der Waals surface area contributed by atoms with Crippen LogP contribution < -0.4 is 10.6 Å². The van der Waals surface area contributed by atoms with Crippen LogP contribution in [0.4, 0.5) is 0 Å². The molecule has 2 heterocycles. The Hall–Kier alpha value is -4.51. The minimum absolute atomic E-state index is 0.0670. The van der Waals surface area contributed by atoms with Crippen LogP contribution in [-0.4, -0.2) is 97.0 Å². The van der Waals surface area contributed by atoms with Crippen molar-refractivity contribution in [1.29, 1.82) is 0 Å². The number of Topliss-reactive ketones (excluding diaryl/α,β-unsaturated/α-hetero) is 1. The Morgan fingerprint density at radius 3 is 2.35 bits per heavy atom. The quantitative estimate of drug-likeness (QED) is 0.104. The van der Waals surface area contributed by atoms with Crippen molar-refractivity contribution in [1.82, 2.24) is 10.1 Å². The summed E-state index contributed by atoms with van der Waals surface area (Å²) < 4.78 is 17.3. The molecule has 2 aromatic carbocycles. The number of aliphatic hydroxyl groups is 2. The van der Waals surface area contributed by atoms with E-state index in [9.17, 15) is 44.4 Å². The van der Waals surface area contributed by atoms with Crippen molar-refractivity contribution in [2.24, 2.45) is 5.84 Å². The number of rotatable bonds is 6. The third-order valence-electron chi connectivity index (χ3n) is 9.08. The molecule has 1 fully saturated rings. The van der Waals surface area contributed by atoms with Crippen molar-refractivity contribution in [2.75, 3.05) is 7.11 Å². The maximum Gasteiger partial charge on any atom is 0.269 e. The molecule has 15 nitrogen and oxygen atoms in total. The first-order valence-electron chi connectivity index (χ1n) is 14.4. The lowest BCUT2D eigenvalue weighted by Crippen LogP contribution is -2.64. The van der Waals surface area contributed by atoms with Crippen molar-refractivity contribution >= 4 is 29.2 Å². The summed E-state index contributed by atoms with van der Waals surface area (Å²) in [4.78, 5) is 64.7. The van der Waals surface area contributed by atoms with Crippen LogP contribution in [0.5, 0.6) is 17.2 Å². The Morgan fingerprint density at radius 2 is 1.72 bits per heavy atom. The highest BCUT2D eigenvalue weighted by Crippen LogP contribution is 2.52. The van der Waals surface area contributed by atoms with Crippen LogP contribution in [0.3, 0.4) is 0 Å². The van der Waals surface area contributed by atoms with Gasteiger partial charge in [-0.05, 0) is 19.9 Å². The van der Waals surface area contributed by atoms with E-state index >= 15 is 0 Å². The zero-order valence-corrected chi connectivity index (χ0v) is 24.9. The molecular weight excluding hydrogens is 606 g/mol. The Kier molecular flexibility index (Phi) is 7.58. The largest absolute Gasteiger partial charge is 0.507 e. The Bertz CT molecular complexity index is 1740. The fraction of sp³-hybridized carbons (Fsp3) is 0.387. The average molecular weight is 638 g/mol. The van der Waals surface area contributed by atoms with Gasteiger partial charge in [0.2, 0.25) is 5.78 Å². The van der Waals surface area contributed by atoms with E-state index in [0.717, 1.165) is 24.2 Å². The molecular formula is C31H31N3O12. The number of fused-ring (bicyclic) bond motifs is 3. The van der Waals surface area contributed by atoms with Crippen molar-refractivity contribution < 1.29 is 58.6 Å². The SMILES string of the molecule is COc1cccc2c1C(=O)c1c(O)c3c(c(O)c1C2=O)C[C@@](O)(C(C)=O)C[C@@H]3OC1CC(N(N)N2C(=O)C=CC2=O)C(O)C(C)O1. The molecule has 0 aromatic heterocycles. The van der Waals surface area contributed by atoms with Gasteiger partial charge >= 0.3 is 0 Å². The molecule has 2 aliphatic heterocycles. The first-order chi connectivity index (χ1) is 21.7. The van der Waals surface area contributed by atoms with Gasteiger partial charge in [-0.25, -0.2) is 5.84 Å². The summed E-state index contributed by atoms with van der Waals surface area (Å²) in [5, 5.41) is 46.8. The van der Waals surface area contributed by atoms with Gasteiger partial charge in [-0.1, -0.05) is 12.1 Å². The second-order valence-electron chi connectivity index (χ2n) is 11.7. The van der Waals surface area contributed by atoms with Gasteiger partial charge in [0.25, 0.3) is 11.8 Å². The molecule has 46 heavy (non-hydrogen) atoms. The molecule has 0 saturated carbocycles. The minimum Gasteiger partial charge on any atom is -0.507 e. The highest BCUT2D eigenvalue weighted by Gasteiger charge is 2.50. The average Bonchev–Trinajstić information content (AvgIpc) is 3.35. The summed E-state index contributed by atoms with van der Waals surface area (Å²) in [6.45, 7) is 2.62. The monoisotopic (exact) mass is 637 g/mol. The van der Waals surface area contributed by atoms with Gasteiger partial charge in [0.15, 0.2) is 17.9 Å². The second-order valence-corrected chi connectivity index (χ2v) is 11.7. The van der Waals surface area contributed by atoms with Crippen LogP contribution in [0.25, 0.3) is 0 Å². The Morgan fingerprint density at radius 1 is 1.07 bits per heavy atom. The van der Waals surface area contributed by atoms with Crippen molar-refractivity contribution in [2.45, 2.75) is 69.4 Å². The van der Waals surface area contributed by atoms with Crippen LogP contribution >= 0.6 is 0 Å². The predicted molar refractivity (Wildman–Crippen MR) is 153 cm³/mol. The van der Waals surface area contributed by atoms with E-state index in [2.05, 4.69) is 0 Å². The molecule has 242 valence electrons. The van der Waals surface area contributed by atoms with E-state index in [1.165, 1.54) is 32.2 Å². The number of hydrogen-bond acceptors (Lipinski definition) is 14. The van der Waals surface area contributed by atoms with E-state index < -0.39 is 101 Å². The van der Waals surface area contributed by atoms with Crippen LogP contribution in [0.2, 0.25) is 0 Å². The third kappa shape index (κ3) is 4.62. The molecule has 2 amide bonds. The molecule has 2 aromatic rings. The zero-order chi connectivity index (χ0) is 33.4. The summed E-state index contributed by atoms with van der Waals surface area (Å²) in [5.41, 5.74) is -3.64. The van der Waals surface area contributed by atoms with E-state index in [1.807, 2.05) is 0 Å². The van der Waals surface area contributed by atoms with Crippen LogP contribution in [0, 0.1) is 0 Å². The molecule has 2 aliphatic carbocycles. The first kappa shape index (κ1) is 31.5. The predicted octanol–water partition coefficient (Wildman–Crippen LogP) is 0.0859. The lowest BCUT2D eigenvalue weighted by Gasteiger charge is -2.45. The number of carbonyl (C=O) groups excluding carboxylic acids is 5. The maximum absolute atomic E-state index is 13.8. The van der Waals surface area contributed by atoms with Crippen LogP contribution in [-0.2, 0) is 30.3 Å². The van der Waals surface area contributed by atoms with E-state index in [4.69, 9.17) is 20.1 Å². The molecule has 0 spiro atoms. The topological polar surface area (TPSA) is 226 Å². The van der Waals surface area contributed by atoms with Crippen molar-refractivity contribution in [3.8, 4) is 17.2 Å². The lowest BCUT2D eigenvalue weighted by molar-refractivity contribution is -0.268. The normalized spacial score (nSPS) is 28.8. The fourth-order valence-electron chi connectivity index (χ4n) is 6.63. The summed E-state index contributed by atoms with van der Waals surface area (Å²) in [6.07, 6.45) is -4.15. The molecule has 0 bridgehead atoms. The highest BCUT2D eigenvalue weighted by molar-refractivity contribution is 6.31. The van der Waals surface area contributed by atoms with Gasteiger partial charge in [-0.15, -0.1) is 5.12 Å². The zero-order valence-electron chi connectivity index (χ0n) is 24.9. The first-order valence-corrected chi connectivity index (χ1v) is 14.4. The molecule has 0 radical (unpaired) electrons. The summed E-state index contributed by atoms with van der Waals surface area (Å²) in [6, 6.07) is 3.23. The number of aliphatic hydroxyl groups excluding tert-OH is 1. The standard InChI is InChI=1S/C31H31N3O12/c1-12-26(38)16(34(32)33-19(36)7-8-20(33)37)9-21(45-12)46-18-11-31(43,13(2)35)10-15-23(18)30(42)25-24(28(15)40)27(39)14-5-4-6-17(44-3)22(14)29(25)41/h4-8,12,16,18,21,26,38,40,42-43H,9-11,32H2,1-3H3/t12?,16?,18-,21?,26?,31-/m0/s1. The van der Waals surface area contributed by atoms with Gasteiger partial charge in [-0.2, -0.15) is 5.01 Å². The number of nitrogens with two attached hydrogens (primary N) is 1. The van der Waals surface area contributed by atoms with Crippen molar-refractivity contribution in [3.63, 3.8) is 0 Å². The highest BCUT2D eigenvalue weighted by atomic mass is 16.7. The number of aromatic hydroxyl groups is 2. The second kappa shape index (κ2) is 11.1. The number of nitrogens with zero attached hydrogens (tertiary/aromatic N) is 2. The van der Waals surface area contributed by atoms with Crippen molar-refractivity contribution in [3.05, 3.63) is 63.7 Å². The summed E-state index contributed by atoms with van der Waals surface area (Å²) in [5.74, 6) is 1.05. The van der Waals surface area contributed by atoms with Gasteiger partial charge in [0.05, 0.1) is 48.2 Å². The van der Waals surface area contributed by atoms with Gasteiger partial charge < -0.3 is 34.6 Å². The van der Waals surface area contributed by atoms with E-state index in [-0.39, 0.29) is 34.4 Å². The number of ether oxygens (including phenoxy) is 3. The van der Waals surface area contributed by atoms with Gasteiger partial charge in [0, 0.05) is 48.1 Å². The molecule has 15 heteroatoms. The maximum atomic E-state index is 13.8. The number of hydrogen-bond donors (Lipinski definition) is 5. The molecule has 6 atom stereocenters. The molecule has 4 aliphatic rings. The summed E-state index contributed by atoms with van der Waals surface area (Å²) >= 11 is 0. The molecule has 6 rings (SSSR count). The summed E-state index contributed by atoms with van der Waals surface area (Å²) in [7, 11) is 1.31. The molecule has 6 N–H and O–H groups in total. The molecule has 4 unspecified atom stereocenters. The van der Waals surface area contributed by atoms with Gasteiger partial charge in [-0.3, -0.25) is 24.0 Å². The van der Waals surface area contributed by atoms with E-state index in [1.54, 1.807) is 0 Å². The smallest absolute Gasteiger partial charge is 0.269 e. The third-order valence-corrected chi connectivity index (χ3v) is 9.08. The number of methoxy groups -OCH3 is 1. The number of amides is 2. The number of hydrazine groups is 2. The lowest BCUT2D eigenvalue weighted by atomic mass is 9.72. The number of carbonyl (C=O) groups is 5. The molecule has 1 saturated heterocycles. The number of phenols is 2. The van der Waals surface area contributed by atoms with Gasteiger partial charge in [0.1, 0.15) is 22.8 Å². The fourth-order valence-corrected chi connectivity index (χ4v) is 6.63. The van der Waals surface area contributed by atoms with Crippen LogP contribution in [0.1, 0.15) is 75.8 Å². The number of imide groups is 1. The Balaban J connectivity index is 1.43. The Labute approximate surface area is 261 Å². The van der Waals surface area contributed by atoms with Crippen LogP contribution in [0.15, 0.2) is 30.4 Å². The number of ketones is 3. The number of phenolic OH excluding ortho intramolecular Hbond substituents is 2. The minimum atomic E-state index is -2.13. The van der Waals surface area contributed by atoms with E-state index in [0.29, 0.717) is 5.01 Å².